The number of hydrogen-bond acceptors (Lipinski definition) is 4. The fourth-order valence-corrected chi connectivity index (χ4v) is 2.47. The molecule has 1 aromatic rings. The van der Waals surface area contributed by atoms with Crippen molar-refractivity contribution in [2.75, 3.05) is 12.0 Å². The number of carbonyl (C=O) groups is 1. The highest BCUT2D eigenvalue weighted by Crippen LogP contribution is 2.16. The number of hydrogen-bond donors (Lipinski definition) is 0. The molecule has 0 spiro atoms. The Balaban J connectivity index is 2.85. The second kappa shape index (κ2) is 6.83. The van der Waals surface area contributed by atoms with Gasteiger partial charge in [0.2, 0.25) is 0 Å². The highest BCUT2D eigenvalue weighted by Gasteiger charge is 2.21. The van der Waals surface area contributed by atoms with Crippen LogP contribution in [0.3, 0.4) is 0 Å². The summed E-state index contributed by atoms with van der Waals surface area (Å²) in [5, 5.41) is 4.38. The molecule has 0 bridgehead atoms. The minimum atomic E-state index is -0.256. The Labute approximate surface area is 113 Å². The fraction of sp³-hybridized carbons (Fsp3) is 0.692. The van der Waals surface area contributed by atoms with Gasteiger partial charge in [0.25, 0.3) is 0 Å². The Hall–Kier alpha value is -0.970. The van der Waals surface area contributed by atoms with Crippen molar-refractivity contribution in [2.45, 2.75) is 46.8 Å². The molecule has 0 saturated heterocycles. The van der Waals surface area contributed by atoms with Crippen LogP contribution in [0, 0.1) is 13.8 Å². The van der Waals surface area contributed by atoms with Gasteiger partial charge in [-0.2, -0.15) is 16.9 Å². The lowest BCUT2D eigenvalue weighted by atomic mass is 10.2. The molecule has 0 amide bonds. The van der Waals surface area contributed by atoms with Gasteiger partial charge < -0.3 is 4.74 Å². The first kappa shape index (κ1) is 15.1. The van der Waals surface area contributed by atoms with E-state index in [1.807, 2.05) is 31.7 Å². The number of ether oxygens (including phenoxy) is 1. The molecule has 1 heterocycles. The topological polar surface area (TPSA) is 44.1 Å². The van der Waals surface area contributed by atoms with E-state index in [1.54, 1.807) is 11.8 Å². The molecule has 0 aliphatic rings. The van der Waals surface area contributed by atoms with E-state index in [2.05, 4.69) is 12.0 Å². The summed E-state index contributed by atoms with van der Waals surface area (Å²) in [4.78, 5) is 12.1. The van der Waals surface area contributed by atoms with Crippen LogP contribution in [0.25, 0.3) is 0 Å². The molecule has 4 nitrogen and oxygen atoms in total. The summed E-state index contributed by atoms with van der Waals surface area (Å²) < 4.78 is 7.30. The van der Waals surface area contributed by atoms with Gasteiger partial charge in [-0.25, -0.2) is 4.79 Å². The average molecular weight is 270 g/mol. The number of nitrogens with zero attached hydrogens (tertiary/aromatic N) is 2. The number of esters is 1. The predicted octanol–water partition coefficient (Wildman–Crippen LogP) is 2.82. The number of rotatable bonds is 6. The number of aromatic nitrogens is 2. The molecular weight excluding hydrogens is 248 g/mol. The van der Waals surface area contributed by atoms with Crippen LogP contribution < -0.4 is 0 Å². The molecule has 1 rings (SSSR count). The van der Waals surface area contributed by atoms with Crippen LogP contribution in [0.15, 0.2) is 0 Å². The van der Waals surface area contributed by atoms with Crippen molar-refractivity contribution < 1.29 is 9.53 Å². The van der Waals surface area contributed by atoms with E-state index < -0.39 is 0 Å². The summed E-state index contributed by atoms with van der Waals surface area (Å²) in [7, 11) is 0. The van der Waals surface area contributed by atoms with Gasteiger partial charge in [0.15, 0.2) is 0 Å². The average Bonchev–Trinajstić information content (AvgIpc) is 2.55. The summed E-state index contributed by atoms with van der Waals surface area (Å²) >= 11 is 1.67. The van der Waals surface area contributed by atoms with Gasteiger partial charge >= 0.3 is 5.97 Å². The molecule has 18 heavy (non-hydrogen) atoms. The van der Waals surface area contributed by atoms with E-state index in [4.69, 9.17) is 4.74 Å². The van der Waals surface area contributed by atoms with Crippen LogP contribution in [0.2, 0.25) is 0 Å². The molecule has 102 valence electrons. The Morgan fingerprint density at radius 3 is 2.72 bits per heavy atom. The molecule has 0 N–H and O–H groups in total. The maximum atomic E-state index is 12.1. The van der Waals surface area contributed by atoms with E-state index >= 15 is 0 Å². The van der Waals surface area contributed by atoms with E-state index in [-0.39, 0.29) is 12.1 Å². The quantitative estimate of drug-likeness (QED) is 0.746. The van der Waals surface area contributed by atoms with Crippen LogP contribution >= 0.6 is 11.8 Å². The highest BCUT2D eigenvalue weighted by molar-refractivity contribution is 7.98. The third kappa shape index (κ3) is 3.51. The first-order valence-corrected chi connectivity index (χ1v) is 7.64. The third-order valence-electron chi connectivity index (χ3n) is 2.73. The van der Waals surface area contributed by atoms with Gasteiger partial charge in [0, 0.05) is 12.3 Å². The monoisotopic (exact) mass is 270 g/mol. The largest absolute Gasteiger partial charge is 0.458 e. The van der Waals surface area contributed by atoms with Crippen LogP contribution in [0.1, 0.15) is 42.0 Å². The van der Waals surface area contributed by atoms with Gasteiger partial charge in [-0.3, -0.25) is 4.68 Å². The SMILES string of the molecule is CCCn1nc(C)c(C(=O)OC(C)CSC)c1C. The molecular formula is C13H22N2O2S. The minimum absolute atomic E-state index is 0.0687. The first-order valence-electron chi connectivity index (χ1n) is 6.25. The van der Waals surface area contributed by atoms with E-state index in [0.717, 1.165) is 30.1 Å². The lowest BCUT2D eigenvalue weighted by Gasteiger charge is -2.12. The van der Waals surface area contributed by atoms with Gasteiger partial charge in [0.05, 0.1) is 11.4 Å². The Kier molecular flexibility index (Phi) is 5.72. The van der Waals surface area contributed by atoms with Crippen LogP contribution in [0.4, 0.5) is 0 Å². The second-order valence-corrected chi connectivity index (χ2v) is 5.35. The molecule has 1 atom stereocenters. The van der Waals surface area contributed by atoms with Crippen molar-refractivity contribution in [3.05, 3.63) is 17.0 Å². The molecule has 0 fully saturated rings. The van der Waals surface area contributed by atoms with Gasteiger partial charge in [-0.05, 0) is 33.4 Å². The van der Waals surface area contributed by atoms with E-state index in [9.17, 15) is 4.79 Å². The molecule has 5 heteroatoms. The smallest absolute Gasteiger partial charge is 0.342 e. The van der Waals surface area contributed by atoms with Crippen molar-refractivity contribution >= 4 is 17.7 Å². The van der Waals surface area contributed by atoms with E-state index in [0.29, 0.717) is 5.56 Å². The molecule has 0 aliphatic carbocycles. The number of thioether (sulfide) groups is 1. The zero-order valence-electron chi connectivity index (χ0n) is 11.8. The summed E-state index contributed by atoms with van der Waals surface area (Å²) in [5.74, 6) is 0.557. The molecule has 1 unspecified atom stereocenters. The van der Waals surface area contributed by atoms with Crippen molar-refractivity contribution in [1.82, 2.24) is 9.78 Å². The van der Waals surface area contributed by atoms with Crippen LogP contribution in [-0.2, 0) is 11.3 Å². The number of carbonyl (C=O) groups excluding carboxylic acids is 1. The summed E-state index contributed by atoms with van der Waals surface area (Å²) in [6, 6.07) is 0. The fourth-order valence-electron chi connectivity index (χ4n) is 1.93. The Bertz CT molecular complexity index is 415. The molecule has 0 radical (unpaired) electrons. The second-order valence-electron chi connectivity index (χ2n) is 4.44. The van der Waals surface area contributed by atoms with E-state index in [1.165, 1.54) is 0 Å². The zero-order valence-corrected chi connectivity index (χ0v) is 12.6. The van der Waals surface area contributed by atoms with Gasteiger partial charge in [0.1, 0.15) is 11.7 Å². The summed E-state index contributed by atoms with van der Waals surface area (Å²) in [6.07, 6.45) is 2.93. The third-order valence-corrected chi connectivity index (χ3v) is 3.53. The van der Waals surface area contributed by atoms with Gasteiger partial charge in [-0.15, -0.1) is 0 Å². The van der Waals surface area contributed by atoms with Crippen molar-refractivity contribution in [3.63, 3.8) is 0 Å². The maximum Gasteiger partial charge on any atom is 0.342 e. The normalized spacial score (nSPS) is 12.5. The van der Waals surface area contributed by atoms with Crippen molar-refractivity contribution in [1.29, 1.82) is 0 Å². The Morgan fingerprint density at radius 1 is 1.50 bits per heavy atom. The molecule has 0 aromatic carbocycles. The lowest BCUT2D eigenvalue weighted by molar-refractivity contribution is 0.0384. The van der Waals surface area contributed by atoms with Crippen LogP contribution in [-0.4, -0.2) is 33.9 Å². The minimum Gasteiger partial charge on any atom is -0.458 e. The number of aryl methyl sites for hydroxylation is 2. The predicted molar refractivity (Wildman–Crippen MR) is 75.3 cm³/mol. The van der Waals surface area contributed by atoms with Gasteiger partial charge in [-0.1, -0.05) is 6.92 Å². The summed E-state index contributed by atoms with van der Waals surface area (Å²) in [5.41, 5.74) is 2.27. The molecule has 1 aromatic heterocycles. The highest BCUT2D eigenvalue weighted by atomic mass is 32.2. The Morgan fingerprint density at radius 2 is 2.17 bits per heavy atom. The lowest BCUT2D eigenvalue weighted by Crippen LogP contribution is -2.18. The van der Waals surface area contributed by atoms with Crippen molar-refractivity contribution in [3.8, 4) is 0 Å². The molecule has 0 saturated carbocycles. The maximum absolute atomic E-state index is 12.1. The zero-order chi connectivity index (χ0) is 13.7. The first-order chi connectivity index (χ1) is 8.51. The van der Waals surface area contributed by atoms with Crippen molar-refractivity contribution in [2.24, 2.45) is 0 Å². The standard InChI is InChI=1S/C13H22N2O2S/c1-6-7-15-11(4)12(10(3)14-15)13(16)17-9(2)8-18-5/h9H,6-8H2,1-5H3. The summed E-state index contributed by atoms with van der Waals surface area (Å²) in [6.45, 7) is 8.62. The molecule has 0 aliphatic heterocycles. The van der Waals surface area contributed by atoms with Crippen LogP contribution in [0.5, 0.6) is 0 Å².